The first-order valence-electron chi connectivity index (χ1n) is 10.2. The maximum Gasteiger partial charge on any atom is 0.261 e. The average Bonchev–Trinajstić information content (AvgIpc) is 2.78. The van der Waals surface area contributed by atoms with Gasteiger partial charge in [0.1, 0.15) is 5.75 Å². The van der Waals surface area contributed by atoms with Crippen LogP contribution in [0.4, 0.5) is 11.4 Å². The van der Waals surface area contributed by atoms with Crippen LogP contribution in [0.2, 0.25) is 5.02 Å². The highest BCUT2D eigenvalue weighted by Gasteiger charge is 2.23. The smallest absolute Gasteiger partial charge is 0.261 e. The van der Waals surface area contributed by atoms with E-state index in [-0.39, 0.29) is 11.0 Å². The first kappa shape index (κ1) is 25.7. The number of halogens is 3. The normalized spacial score (nSPS) is 13.5. The number of thiocarbonyl (C=S) groups is 1. The molecule has 1 saturated heterocycles. The number of rotatable bonds is 5. The van der Waals surface area contributed by atoms with Gasteiger partial charge in [-0.1, -0.05) is 34.5 Å². The second kappa shape index (κ2) is 11.5. The van der Waals surface area contributed by atoms with Crippen molar-refractivity contribution >= 4 is 84.0 Å². The lowest BCUT2D eigenvalue weighted by Crippen LogP contribution is -2.48. The van der Waals surface area contributed by atoms with Crippen LogP contribution in [0.3, 0.4) is 0 Å². The van der Waals surface area contributed by atoms with Crippen molar-refractivity contribution in [2.45, 2.75) is 13.3 Å². The maximum absolute atomic E-state index is 12.9. The third-order valence-corrected chi connectivity index (χ3v) is 6.65. The average molecular weight is 619 g/mol. The number of methoxy groups -OCH3 is 1. The van der Waals surface area contributed by atoms with Crippen molar-refractivity contribution in [2.75, 3.05) is 43.5 Å². The van der Waals surface area contributed by atoms with Gasteiger partial charge >= 0.3 is 0 Å². The summed E-state index contributed by atoms with van der Waals surface area (Å²) in [6, 6.07) is 8.91. The van der Waals surface area contributed by atoms with Gasteiger partial charge in [0.25, 0.3) is 5.91 Å². The molecule has 0 aromatic heterocycles. The second-order valence-corrected chi connectivity index (χ2v) is 9.87. The first-order chi connectivity index (χ1) is 15.7. The third kappa shape index (κ3) is 6.38. The van der Waals surface area contributed by atoms with Crippen molar-refractivity contribution in [3.05, 3.63) is 49.9 Å². The zero-order valence-corrected chi connectivity index (χ0v) is 22.8. The zero-order valence-electron chi connectivity index (χ0n) is 18.1. The number of anilines is 2. The third-order valence-electron chi connectivity index (χ3n) is 5.17. The van der Waals surface area contributed by atoms with Crippen molar-refractivity contribution in [1.82, 2.24) is 10.2 Å². The Hall–Kier alpha value is -1.88. The van der Waals surface area contributed by atoms with Crippen LogP contribution in [0.15, 0.2) is 39.3 Å². The molecule has 176 valence electrons. The summed E-state index contributed by atoms with van der Waals surface area (Å²) in [6.45, 7) is 4.53. The minimum Gasteiger partial charge on any atom is -0.495 e. The van der Waals surface area contributed by atoms with E-state index in [0.29, 0.717) is 59.1 Å². The van der Waals surface area contributed by atoms with Crippen molar-refractivity contribution in [3.63, 3.8) is 0 Å². The van der Waals surface area contributed by atoms with E-state index in [1.54, 1.807) is 24.3 Å². The van der Waals surface area contributed by atoms with Gasteiger partial charge in [0, 0.05) is 42.1 Å². The highest BCUT2D eigenvalue weighted by Crippen LogP contribution is 2.33. The Kier molecular flexibility index (Phi) is 8.97. The van der Waals surface area contributed by atoms with Crippen LogP contribution in [-0.4, -0.2) is 55.1 Å². The summed E-state index contributed by atoms with van der Waals surface area (Å²) in [6.07, 6.45) is 0.501. The van der Waals surface area contributed by atoms with E-state index >= 15 is 0 Å². The molecule has 0 saturated carbocycles. The summed E-state index contributed by atoms with van der Waals surface area (Å²) in [5.41, 5.74) is 1.89. The molecule has 1 aliphatic rings. The number of ether oxygens (including phenoxy) is 1. The molecule has 11 heteroatoms. The first-order valence-corrected chi connectivity index (χ1v) is 12.6. The topological polar surface area (TPSA) is 73.9 Å². The van der Waals surface area contributed by atoms with E-state index in [9.17, 15) is 9.59 Å². The summed E-state index contributed by atoms with van der Waals surface area (Å²) >= 11 is 18.4. The van der Waals surface area contributed by atoms with E-state index in [0.717, 1.165) is 10.2 Å². The Morgan fingerprint density at radius 2 is 1.85 bits per heavy atom. The molecule has 33 heavy (non-hydrogen) atoms. The fourth-order valence-corrected chi connectivity index (χ4v) is 5.33. The minimum atomic E-state index is -0.415. The van der Waals surface area contributed by atoms with E-state index in [2.05, 4.69) is 47.4 Å². The molecule has 0 bridgehead atoms. The van der Waals surface area contributed by atoms with Crippen LogP contribution in [-0.2, 0) is 4.79 Å². The number of hydrogen-bond acceptors (Lipinski definition) is 5. The number of hydrogen-bond donors (Lipinski definition) is 2. The van der Waals surface area contributed by atoms with Crippen molar-refractivity contribution in [2.24, 2.45) is 0 Å². The Bertz CT molecular complexity index is 1080. The second-order valence-electron chi connectivity index (χ2n) is 7.26. The molecule has 1 aliphatic heterocycles. The predicted molar refractivity (Wildman–Crippen MR) is 143 cm³/mol. The number of benzene rings is 2. The SMILES string of the molecule is CCC(=O)N1CCN(c2ccc(Cl)cc2NC(=S)NC(=O)c2cc(Br)cc(Br)c2OC)CC1. The lowest BCUT2D eigenvalue weighted by molar-refractivity contribution is -0.131. The van der Waals surface area contributed by atoms with Gasteiger partial charge < -0.3 is 19.9 Å². The van der Waals surface area contributed by atoms with E-state index in [1.165, 1.54) is 7.11 Å². The molecule has 0 spiro atoms. The zero-order chi connectivity index (χ0) is 24.1. The van der Waals surface area contributed by atoms with Gasteiger partial charge in [0.05, 0.1) is 28.5 Å². The molecule has 2 aromatic carbocycles. The summed E-state index contributed by atoms with van der Waals surface area (Å²) in [7, 11) is 1.49. The molecular weight excluding hydrogens is 596 g/mol. The Balaban J connectivity index is 1.74. The van der Waals surface area contributed by atoms with Gasteiger partial charge in [-0.15, -0.1) is 0 Å². The predicted octanol–water partition coefficient (Wildman–Crippen LogP) is 5.06. The molecule has 1 heterocycles. The van der Waals surface area contributed by atoms with Gasteiger partial charge in [0.2, 0.25) is 5.91 Å². The maximum atomic E-state index is 12.9. The molecule has 7 nitrogen and oxygen atoms in total. The Morgan fingerprint density at radius 1 is 1.15 bits per heavy atom. The van der Waals surface area contributed by atoms with Crippen LogP contribution in [0.5, 0.6) is 5.75 Å². The largest absolute Gasteiger partial charge is 0.495 e. The van der Waals surface area contributed by atoms with E-state index in [1.807, 2.05) is 17.9 Å². The van der Waals surface area contributed by atoms with Gasteiger partial charge in [-0.25, -0.2) is 0 Å². The van der Waals surface area contributed by atoms with Crippen molar-refractivity contribution < 1.29 is 14.3 Å². The number of carbonyl (C=O) groups excluding carboxylic acids is 2. The molecule has 1 fully saturated rings. The molecule has 2 amide bonds. The van der Waals surface area contributed by atoms with Gasteiger partial charge in [0.15, 0.2) is 5.11 Å². The van der Waals surface area contributed by atoms with Crippen molar-refractivity contribution in [3.8, 4) is 5.75 Å². The molecule has 2 N–H and O–H groups in total. The molecule has 0 unspecified atom stereocenters. The van der Waals surface area contributed by atoms with Crippen molar-refractivity contribution in [1.29, 1.82) is 0 Å². The Morgan fingerprint density at radius 3 is 2.48 bits per heavy atom. The molecular formula is C22H23Br2ClN4O3S. The monoisotopic (exact) mass is 616 g/mol. The van der Waals surface area contributed by atoms with Gasteiger partial charge in [-0.05, 0) is 58.5 Å². The van der Waals surface area contributed by atoms with Crippen LogP contribution in [0.1, 0.15) is 23.7 Å². The number of carbonyl (C=O) groups is 2. The van der Waals surface area contributed by atoms with E-state index < -0.39 is 5.91 Å². The van der Waals surface area contributed by atoms with E-state index in [4.69, 9.17) is 28.6 Å². The number of amides is 2. The molecule has 0 aliphatic carbocycles. The lowest BCUT2D eigenvalue weighted by Gasteiger charge is -2.37. The fourth-order valence-electron chi connectivity index (χ4n) is 3.56. The number of piperazine rings is 1. The highest BCUT2D eigenvalue weighted by atomic mass is 79.9. The molecule has 0 radical (unpaired) electrons. The fraction of sp³-hybridized carbons (Fsp3) is 0.318. The standard InChI is InChI=1S/C22H23Br2ClN4O3S/c1-3-19(30)29-8-6-28(7-9-29)18-5-4-14(25)12-17(18)26-22(33)27-21(31)15-10-13(23)11-16(24)20(15)32-2/h4-5,10-12H,3,6-9H2,1-2H3,(H2,26,27,31,33). The molecule has 0 atom stereocenters. The molecule has 2 aromatic rings. The Labute approximate surface area is 220 Å². The van der Waals surface area contributed by atoms with Crippen LogP contribution in [0, 0.1) is 0 Å². The number of nitrogens with zero attached hydrogens (tertiary/aromatic N) is 2. The number of nitrogens with one attached hydrogen (secondary N) is 2. The van der Waals surface area contributed by atoms with Crippen LogP contribution >= 0.6 is 55.7 Å². The van der Waals surface area contributed by atoms with Gasteiger partial charge in [-0.2, -0.15) is 0 Å². The summed E-state index contributed by atoms with van der Waals surface area (Å²) in [5, 5.41) is 6.45. The molecule has 3 rings (SSSR count). The minimum absolute atomic E-state index is 0.126. The lowest BCUT2D eigenvalue weighted by atomic mass is 10.2. The summed E-state index contributed by atoms with van der Waals surface area (Å²) < 4.78 is 6.72. The summed E-state index contributed by atoms with van der Waals surface area (Å²) in [5.74, 6) is 0.144. The van der Waals surface area contributed by atoms with Gasteiger partial charge in [-0.3, -0.25) is 14.9 Å². The highest BCUT2D eigenvalue weighted by molar-refractivity contribution is 9.11. The van der Waals surface area contributed by atoms with Crippen LogP contribution in [0.25, 0.3) is 0 Å². The van der Waals surface area contributed by atoms with Crippen LogP contribution < -0.4 is 20.3 Å². The quantitative estimate of drug-likeness (QED) is 0.457. The summed E-state index contributed by atoms with van der Waals surface area (Å²) in [4.78, 5) is 28.9.